The molecule has 3 unspecified atom stereocenters. The number of aliphatic hydroxyl groups is 1. The summed E-state index contributed by atoms with van der Waals surface area (Å²) < 4.78 is 28.8. The fraction of sp³-hybridized carbons (Fsp3) is 0.571. The van der Waals surface area contributed by atoms with Crippen LogP contribution in [0.2, 0.25) is 0 Å². The van der Waals surface area contributed by atoms with Gasteiger partial charge < -0.3 is 9.84 Å². The van der Waals surface area contributed by atoms with Crippen LogP contribution >= 0.6 is 0 Å². The van der Waals surface area contributed by atoms with Gasteiger partial charge in [-0.25, -0.2) is 8.42 Å². The van der Waals surface area contributed by atoms with Gasteiger partial charge in [-0.15, -0.1) is 0 Å². The molecule has 0 amide bonds. The van der Waals surface area contributed by atoms with Crippen molar-refractivity contribution < 1.29 is 18.3 Å². The first-order valence-electron chi connectivity index (χ1n) is 6.42. The quantitative estimate of drug-likeness (QED) is 0.918. The van der Waals surface area contributed by atoms with Gasteiger partial charge >= 0.3 is 0 Å². The van der Waals surface area contributed by atoms with Gasteiger partial charge in [0.15, 0.2) is 9.84 Å². The Morgan fingerprint density at radius 3 is 2.68 bits per heavy atom. The molecule has 5 heteroatoms. The largest absolute Gasteiger partial charge is 0.490 e. The summed E-state index contributed by atoms with van der Waals surface area (Å²) >= 11 is 0. The molecule has 0 heterocycles. The second-order valence-corrected chi connectivity index (χ2v) is 7.48. The maximum Gasteiger partial charge on any atom is 0.175 e. The Hall–Kier alpha value is -1.07. The topological polar surface area (TPSA) is 63.6 Å². The van der Waals surface area contributed by atoms with Crippen molar-refractivity contribution in [2.24, 2.45) is 5.41 Å². The SMILES string of the molecule is CCC1(C)C(O)CC1Oc1cccc(S(C)(=O)=O)c1. The number of sulfone groups is 1. The average Bonchev–Trinajstić information content (AvgIpc) is 2.36. The van der Waals surface area contributed by atoms with Crippen LogP contribution < -0.4 is 4.74 Å². The van der Waals surface area contributed by atoms with Gasteiger partial charge in [0.1, 0.15) is 11.9 Å². The molecule has 3 atom stereocenters. The average molecular weight is 284 g/mol. The number of hydrogen-bond acceptors (Lipinski definition) is 4. The minimum Gasteiger partial charge on any atom is -0.490 e. The van der Waals surface area contributed by atoms with E-state index in [4.69, 9.17) is 4.74 Å². The van der Waals surface area contributed by atoms with E-state index in [-0.39, 0.29) is 22.5 Å². The molecular formula is C14H20O4S. The maximum absolute atomic E-state index is 11.5. The van der Waals surface area contributed by atoms with Crippen molar-refractivity contribution in [2.45, 2.75) is 43.8 Å². The van der Waals surface area contributed by atoms with Gasteiger partial charge in [-0.2, -0.15) is 0 Å². The Bertz CT molecular complexity index is 567. The molecule has 1 saturated carbocycles. The third kappa shape index (κ3) is 2.62. The van der Waals surface area contributed by atoms with Gasteiger partial charge in [0.05, 0.1) is 11.0 Å². The molecule has 1 aliphatic rings. The standard InChI is InChI=1S/C14H20O4S/c1-4-14(2)12(15)9-13(14)18-10-6-5-7-11(8-10)19(3,16)17/h5-8,12-13,15H,4,9H2,1-3H3. The third-order valence-electron chi connectivity index (χ3n) is 4.21. The highest BCUT2D eigenvalue weighted by Gasteiger charge is 2.51. The molecule has 0 spiro atoms. The molecule has 0 radical (unpaired) electrons. The highest BCUT2D eigenvalue weighted by Crippen LogP contribution is 2.46. The smallest absolute Gasteiger partial charge is 0.175 e. The summed E-state index contributed by atoms with van der Waals surface area (Å²) in [5.74, 6) is 0.541. The normalized spacial score (nSPS) is 30.7. The predicted molar refractivity (Wildman–Crippen MR) is 73.0 cm³/mol. The number of benzene rings is 1. The summed E-state index contributed by atoms with van der Waals surface area (Å²) in [5, 5.41) is 9.82. The van der Waals surface area contributed by atoms with Gasteiger partial charge in [0.2, 0.25) is 0 Å². The monoisotopic (exact) mass is 284 g/mol. The zero-order valence-corrected chi connectivity index (χ0v) is 12.3. The minimum absolute atomic E-state index is 0.0673. The second-order valence-electron chi connectivity index (χ2n) is 5.46. The van der Waals surface area contributed by atoms with Crippen molar-refractivity contribution in [3.8, 4) is 5.75 Å². The molecule has 0 saturated heterocycles. The van der Waals surface area contributed by atoms with Crippen LogP contribution in [0.4, 0.5) is 0 Å². The molecule has 0 aromatic heterocycles. The highest BCUT2D eigenvalue weighted by molar-refractivity contribution is 7.90. The van der Waals surface area contributed by atoms with Crippen LogP contribution in [-0.2, 0) is 9.84 Å². The number of ether oxygens (including phenoxy) is 1. The van der Waals surface area contributed by atoms with Crippen molar-refractivity contribution in [1.29, 1.82) is 0 Å². The summed E-state index contributed by atoms with van der Waals surface area (Å²) in [5.41, 5.74) is -0.249. The summed E-state index contributed by atoms with van der Waals surface area (Å²) in [7, 11) is -3.22. The first-order chi connectivity index (χ1) is 8.77. The van der Waals surface area contributed by atoms with Gasteiger partial charge in [-0.05, 0) is 24.6 Å². The Balaban J connectivity index is 2.17. The van der Waals surface area contributed by atoms with Crippen molar-refractivity contribution in [2.75, 3.05) is 6.26 Å². The molecule has 106 valence electrons. The molecular weight excluding hydrogens is 264 g/mol. The van der Waals surface area contributed by atoms with E-state index in [1.807, 2.05) is 13.8 Å². The van der Waals surface area contributed by atoms with E-state index in [2.05, 4.69) is 0 Å². The Morgan fingerprint density at radius 2 is 2.16 bits per heavy atom. The van der Waals surface area contributed by atoms with Gasteiger partial charge in [-0.3, -0.25) is 0 Å². The van der Waals surface area contributed by atoms with Crippen LogP contribution in [0.1, 0.15) is 26.7 Å². The lowest BCUT2D eigenvalue weighted by molar-refractivity contribution is -0.147. The highest BCUT2D eigenvalue weighted by atomic mass is 32.2. The van der Waals surface area contributed by atoms with Crippen LogP contribution in [0, 0.1) is 5.41 Å². The first-order valence-corrected chi connectivity index (χ1v) is 8.31. The van der Waals surface area contributed by atoms with Crippen LogP contribution in [0.25, 0.3) is 0 Å². The van der Waals surface area contributed by atoms with E-state index in [0.717, 1.165) is 6.42 Å². The van der Waals surface area contributed by atoms with E-state index in [1.165, 1.54) is 12.3 Å². The van der Waals surface area contributed by atoms with Crippen LogP contribution in [-0.4, -0.2) is 32.0 Å². The number of rotatable bonds is 4. The lowest BCUT2D eigenvalue weighted by Crippen LogP contribution is -2.57. The molecule has 1 aliphatic carbocycles. The maximum atomic E-state index is 11.5. The van der Waals surface area contributed by atoms with E-state index >= 15 is 0 Å². The molecule has 1 fully saturated rings. The van der Waals surface area contributed by atoms with Crippen molar-refractivity contribution in [3.05, 3.63) is 24.3 Å². The predicted octanol–water partition coefficient (Wildman–Crippen LogP) is 2.02. The summed E-state index contributed by atoms with van der Waals surface area (Å²) in [6.45, 7) is 4.01. The summed E-state index contributed by atoms with van der Waals surface area (Å²) in [4.78, 5) is 0.253. The van der Waals surface area contributed by atoms with E-state index in [1.54, 1.807) is 18.2 Å². The molecule has 0 aliphatic heterocycles. The fourth-order valence-corrected chi connectivity index (χ4v) is 3.04. The summed E-state index contributed by atoms with van der Waals surface area (Å²) in [6, 6.07) is 6.51. The van der Waals surface area contributed by atoms with Crippen LogP contribution in [0.3, 0.4) is 0 Å². The molecule has 1 N–H and O–H groups in total. The summed E-state index contributed by atoms with van der Waals surface area (Å²) in [6.07, 6.45) is 2.18. The molecule has 4 nitrogen and oxygen atoms in total. The van der Waals surface area contributed by atoms with Crippen LogP contribution in [0.15, 0.2) is 29.2 Å². The molecule has 0 bridgehead atoms. The van der Waals surface area contributed by atoms with Crippen molar-refractivity contribution in [3.63, 3.8) is 0 Å². The lowest BCUT2D eigenvalue weighted by atomic mass is 9.63. The van der Waals surface area contributed by atoms with E-state index < -0.39 is 9.84 Å². The Kier molecular flexibility index (Phi) is 3.62. The third-order valence-corrected chi connectivity index (χ3v) is 5.32. The van der Waals surface area contributed by atoms with Crippen molar-refractivity contribution >= 4 is 9.84 Å². The second kappa shape index (κ2) is 4.80. The van der Waals surface area contributed by atoms with Gasteiger partial charge in [0, 0.05) is 18.1 Å². The first kappa shape index (κ1) is 14.3. The molecule has 19 heavy (non-hydrogen) atoms. The van der Waals surface area contributed by atoms with Crippen molar-refractivity contribution in [1.82, 2.24) is 0 Å². The fourth-order valence-electron chi connectivity index (χ4n) is 2.38. The zero-order valence-electron chi connectivity index (χ0n) is 11.5. The van der Waals surface area contributed by atoms with Gasteiger partial charge in [-0.1, -0.05) is 19.9 Å². The lowest BCUT2D eigenvalue weighted by Gasteiger charge is -2.50. The zero-order chi connectivity index (χ0) is 14.3. The van der Waals surface area contributed by atoms with E-state index in [9.17, 15) is 13.5 Å². The Labute approximate surface area is 114 Å². The molecule has 2 rings (SSSR count). The van der Waals surface area contributed by atoms with E-state index in [0.29, 0.717) is 12.2 Å². The Morgan fingerprint density at radius 1 is 1.47 bits per heavy atom. The number of hydrogen-bond donors (Lipinski definition) is 1. The van der Waals surface area contributed by atoms with Gasteiger partial charge in [0.25, 0.3) is 0 Å². The molecule has 1 aromatic carbocycles. The molecule has 1 aromatic rings. The van der Waals surface area contributed by atoms with Crippen LogP contribution in [0.5, 0.6) is 5.75 Å². The minimum atomic E-state index is -3.22. The number of aliphatic hydroxyl groups excluding tert-OH is 1.